The SMILES string of the molecule is O=C(CCn1ccnc1)Nc1cccc(C(=O)NCc2cn(-c3ccccc3)nc2-c2ccccc2)c1. The van der Waals surface area contributed by atoms with Crippen molar-refractivity contribution in [2.45, 2.75) is 19.5 Å². The summed E-state index contributed by atoms with van der Waals surface area (Å²) in [7, 11) is 0. The summed E-state index contributed by atoms with van der Waals surface area (Å²) in [6.07, 6.45) is 7.40. The van der Waals surface area contributed by atoms with Crippen LogP contribution >= 0.6 is 0 Å². The molecule has 0 saturated carbocycles. The average molecular weight is 491 g/mol. The van der Waals surface area contributed by atoms with E-state index in [1.54, 1.807) is 36.8 Å². The number of amides is 2. The van der Waals surface area contributed by atoms with Gasteiger partial charge >= 0.3 is 0 Å². The molecule has 184 valence electrons. The van der Waals surface area contributed by atoms with Gasteiger partial charge in [-0.25, -0.2) is 9.67 Å². The number of anilines is 1. The minimum atomic E-state index is -0.235. The Bertz CT molecular complexity index is 1480. The molecule has 0 unspecified atom stereocenters. The highest BCUT2D eigenvalue weighted by atomic mass is 16.2. The van der Waals surface area contributed by atoms with E-state index in [9.17, 15) is 9.59 Å². The zero-order valence-electron chi connectivity index (χ0n) is 20.1. The fourth-order valence-electron chi connectivity index (χ4n) is 3.98. The van der Waals surface area contributed by atoms with Crippen LogP contribution in [-0.2, 0) is 17.9 Å². The molecule has 0 spiro atoms. The molecule has 37 heavy (non-hydrogen) atoms. The predicted octanol–water partition coefficient (Wildman–Crippen LogP) is 4.69. The summed E-state index contributed by atoms with van der Waals surface area (Å²) in [5.41, 5.74) is 4.65. The topological polar surface area (TPSA) is 93.8 Å². The number of benzene rings is 3. The summed E-state index contributed by atoms with van der Waals surface area (Å²) in [6, 6.07) is 26.7. The number of carbonyl (C=O) groups excluding carboxylic acids is 2. The summed E-state index contributed by atoms with van der Waals surface area (Å²) in [5, 5.41) is 10.7. The van der Waals surface area contributed by atoms with Crippen LogP contribution in [0.1, 0.15) is 22.3 Å². The Balaban J connectivity index is 1.27. The lowest BCUT2D eigenvalue weighted by Crippen LogP contribution is -2.23. The maximum Gasteiger partial charge on any atom is 0.251 e. The molecule has 0 bridgehead atoms. The van der Waals surface area contributed by atoms with Crippen LogP contribution in [0, 0.1) is 0 Å². The first-order valence-corrected chi connectivity index (χ1v) is 12.0. The quantitative estimate of drug-likeness (QED) is 0.313. The number of rotatable bonds is 9. The van der Waals surface area contributed by atoms with Gasteiger partial charge in [-0.15, -0.1) is 0 Å². The van der Waals surface area contributed by atoms with Crippen LogP contribution < -0.4 is 10.6 Å². The van der Waals surface area contributed by atoms with E-state index in [-0.39, 0.29) is 11.8 Å². The molecule has 0 radical (unpaired) electrons. The van der Waals surface area contributed by atoms with Gasteiger partial charge in [-0.05, 0) is 30.3 Å². The van der Waals surface area contributed by atoms with Crippen molar-refractivity contribution < 1.29 is 9.59 Å². The molecule has 3 aromatic carbocycles. The molecule has 5 aromatic rings. The third kappa shape index (κ3) is 5.99. The van der Waals surface area contributed by atoms with E-state index in [4.69, 9.17) is 5.10 Å². The molecular formula is C29H26N6O2. The first-order chi connectivity index (χ1) is 18.2. The highest BCUT2D eigenvalue weighted by Crippen LogP contribution is 2.24. The number of carbonyl (C=O) groups is 2. The maximum absolute atomic E-state index is 13.0. The van der Waals surface area contributed by atoms with Crippen molar-refractivity contribution in [2.24, 2.45) is 0 Å². The molecular weight excluding hydrogens is 464 g/mol. The summed E-state index contributed by atoms with van der Waals surface area (Å²) in [5.74, 6) is -0.368. The van der Waals surface area contributed by atoms with Gasteiger partial charge < -0.3 is 15.2 Å². The van der Waals surface area contributed by atoms with Gasteiger partial charge in [0.15, 0.2) is 0 Å². The Kier molecular flexibility index (Phi) is 7.17. The van der Waals surface area contributed by atoms with Crippen LogP contribution in [0.4, 0.5) is 5.69 Å². The lowest BCUT2D eigenvalue weighted by Gasteiger charge is -2.09. The van der Waals surface area contributed by atoms with Crippen molar-refractivity contribution in [3.05, 3.63) is 121 Å². The van der Waals surface area contributed by atoms with Gasteiger partial charge in [0.2, 0.25) is 5.91 Å². The van der Waals surface area contributed by atoms with E-state index in [1.807, 2.05) is 82.3 Å². The third-order valence-corrected chi connectivity index (χ3v) is 5.86. The number of aryl methyl sites for hydroxylation is 1. The highest BCUT2D eigenvalue weighted by molar-refractivity contribution is 5.97. The van der Waals surface area contributed by atoms with Gasteiger partial charge in [0, 0.05) is 60.5 Å². The number of nitrogens with zero attached hydrogens (tertiary/aromatic N) is 4. The molecule has 2 amide bonds. The Morgan fingerprint density at radius 3 is 2.43 bits per heavy atom. The van der Waals surface area contributed by atoms with Crippen LogP contribution in [-0.4, -0.2) is 31.1 Å². The van der Waals surface area contributed by atoms with Crippen LogP contribution in [0.2, 0.25) is 0 Å². The zero-order chi connectivity index (χ0) is 25.5. The molecule has 8 heteroatoms. The van der Waals surface area contributed by atoms with Crippen molar-refractivity contribution in [3.63, 3.8) is 0 Å². The van der Waals surface area contributed by atoms with Crippen LogP contribution in [0.5, 0.6) is 0 Å². The van der Waals surface area contributed by atoms with Crippen LogP contribution in [0.25, 0.3) is 16.9 Å². The number of hydrogen-bond donors (Lipinski definition) is 2. The van der Waals surface area contributed by atoms with E-state index in [0.717, 1.165) is 22.5 Å². The number of aromatic nitrogens is 4. The number of nitrogens with one attached hydrogen (secondary N) is 2. The second-order valence-corrected chi connectivity index (χ2v) is 8.51. The van der Waals surface area contributed by atoms with E-state index < -0.39 is 0 Å². The van der Waals surface area contributed by atoms with E-state index in [2.05, 4.69) is 15.6 Å². The summed E-state index contributed by atoms with van der Waals surface area (Å²) < 4.78 is 3.66. The number of para-hydroxylation sites is 1. The third-order valence-electron chi connectivity index (χ3n) is 5.86. The average Bonchev–Trinajstić information content (AvgIpc) is 3.62. The lowest BCUT2D eigenvalue weighted by molar-refractivity contribution is -0.116. The minimum Gasteiger partial charge on any atom is -0.348 e. The van der Waals surface area contributed by atoms with Crippen molar-refractivity contribution in [1.82, 2.24) is 24.6 Å². The van der Waals surface area contributed by atoms with Gasteiger partial charge in [-0.1, -0.05) is 54.6 Å². The fourth-order valence-corrected chi connectivity index (χ4v) is 3.98. The number of imidazole rings is 1. The Morgan fingerprint density at radius 1 is 0.892 bits per heavy atom. The summed E-state index contributed by atoms with van der Waals surface area (Å²) in [4.78, 5) is 29.3. The molecule has 8 nitrogen and oxygen atoms in total. The van der Waals surface area contributed by atoms with E-state index in [1.165, 1.54) is 0 Å². The fraction of sp³-hybridized carbons (Fsp3) is 0.103. The van der Waals surface area contributed by atoms with Crippen molar-refractivity contribution in [2.75, 3.05) is 5.32 Å². The van der Waals surface area contributed by atoms with Gasteiger partial charge in [-0.2, -0.15) is 5.10 Å². The van der Waals surface area contributed by atoms with Crippen molar-refractivity contribution >= 4 is 17.5 Å². The molecule has 0 saturated heterocycles. The molecule has 2 heterocycles. The Hall–Kier alpha value is -4.98. The predicted molar refractivity (Wildman–Crippen MR) is 142 cm³/mol. The highest BCUT2D eigenvalue weighted by Gasteiger charge is 2.14. The molecule has 2 N–H and O–H groups in total. The Labute approximate surface area is 214 Å². The number of hydrogen-bond acceptors (Lipinski definition) is 4. The van der Waals surface area contributed by atoms with Crippen molar-refractivity contribution in [3.8, 4) is 16.9 Å². The summed E-state index contributed by atoms with van der Waals surface area (Å²) >= 11 is 0. The first kappa shape index (κ1) is 23.7. The lowest BCUT2D eigenvalue weighted by atomic mass is 10.1. The molecule has 0 aliphatic rings. The minimum absolute atomic E-state index is 0.132. The molecule has 2 aromatic heterocycles. The maximum atomic E-state index is 13.0. The zero-order valence-corrected chi connectivity index (χ0v) is 20.1. The second kappa shape index (κ2) is 11.2. The standard InChI is InChI=1S/C29H26N6O2/c36-27(14-16-34-17-15-30-21-34)32-25-11-7-10-23(18-25)29(37)31-19-24-20-35(26-12-5-2-6-13-26)33-28(24)22-8-3-1-4-9-22/h1-13,15,17-18,20-21H,14,16,19H2,(H,31,37)(H,32,36). The van der Waals surface area contributed by atoms with Crippen LogP contribution in [0.3, 0.4) is 0 Å². The van der Waals surface area contributed by atoms with Gasteiger partial charge in [0.1, 0.15) is 0 Å². The Morgan fingerprint density at radius 2 is 1.68 bits per heavy atom. The molecule has 0 fully saturated rings. The summed E-state index contributed by atoms with van der Waals surface area (Å²) in [6.45, 7) is 0.837. The van der Waals surface area contributed by atoms with Gasteiger partial charge in [0.05, 0.1) is 17.7 Å². The van der Waals surface area contributed by atoms with Gasteiger partial charge in [-0.3, -0.25) is 9.59 Å². The molecule has 0 atom stereocenters. The monoisotopic (exact) mass is 490 g/mol. The molecule has 0 aliphatic carbocycles. The van der Waals surface area contributed by atoms with Crippen molar-refractivity contribution in [1.29, 1.82) is 0 Å². The van der Waals surface area contributed by atoms with E-state index in [0.29, 0.717) is 30.8 Å². The van der Waals surface area contributed by atoms with E-state index >= 15 is 0 Å². The normalized spacial score (nSPS) is 10.7. The second-order valence-electron chi connectivity index (χ2n) is 8.51. The smallest absolute Gasteiger partial charge is 0.251 e. The van der Waals surface area contributed by atoms with Crippen LogP contribution in [0.15, 0.2) is 110 Å². The molecule has 0 aliphatic heterocycles. The largest absolute Gasteiger partial charge is 0.348 e. The molecule has 5 rings (SSSR count). The van der Waals surface area contributed by atoms with Gasteiger partial charge in [0.25, 0.3) is 5.91 Å². The first-order valence-electron chi connectivity index (χ1n) is 12.0.